The fourth-order valence-electron chi connectivity index (χ4n) is 3.08. The van der Waals surface area contributed by atoms with Gasteiger partial charge in [0, 0.05) is 24.2 Å². The van der Waals surface area contributed by atoms with Gasteiger partial charge in [0.25, 0.3) is 5.91 Å². The number of benzene rings is 2. The number of oxazole rings is 1. The normalized spacial score (nSPS) is 12.5. The maximum absolute atomic E-state index is 14.4. The summed E-state index contributed by atoms with van der Waals surface area (Å²) < 4.78 is 46.8. The second kappa shape index (κ2) is 8.39. The van der Waals surface area contributed by atoms with Crippen LogP contribution in [0.15, 0.2) is 45.7 Å². The molecule has 3 rings (SSSR count). The first-order valence-electron chi connectivity index (χ1n) is 9.99. The van der Waals surface area contributed by atoms with Crippen molar-refractivity contribution in [2.45, 2.75) is 44.9 Å². The molecule has 1 amide bonds. The van der Waals surface area contributed by atoms with Crippen LogP contribution in [0.1, 0.15) is 50.9 Å². The number of rotatable bonds is 6. The van der Waals surface area contributed by atoms with Crippen molar-refractivity contribution >= 4 is 32.7 Å². The van der Waals surface area contributed by atoms with Crippen molar-refractivity contribution in [2.24, 2.45) is 0 Å². The van der Waals surface area contributed by atoms with Gasteiger partial charge >= 0.3 is 0 Å². The molecule has 1 aromatic heterocycles. The first-order valence-corrected chi connectivity index (χ1v) is 11.4. The Morgan fingerprint density at radius 3 is 2.42 bits per heavy atom. The third-order valence-corrected chi connectivity index (χ3v) is 6.86. The molecule has 0 fully saturated rings. The SMILES string of the molecule is CCN(CC)S(=O)(=O)c1ccc(F)c(C(=O)Nc2ccc3oc(C(C)(C)C)nc3c2)c1. The minimum Gasteiger partial charge on any atom is -0.440 e. The Balaban J connectivity index is 1.91. The molecule has 0 aliphatic carbocycles. The van der Waals surface area contributed by atoms with Gasteiger partial charge in [-0.3, -0.25) is 4.79 Å². The molecule has 0 atom stereocenters. The van der Waals surface area contributed by atoms with Crippen LogP contribution in [0.2, 0.25) is 0 Å². The summed E-state index contributed by atoms with van der Waals surface area (Å²) in [5.41, 5.74) is 0.886. The highest BCUT2D eigenvalue weighted by Crippen LogP contribution is 2.28. The van der Waals surface area contributed by atoms with Crippen molar-refractivity contribution in [2.75, 3.05) is 18.4 Å². The number of aromatic nitrogens is 1. The molecule has 0 saturated heterocycles. The van der Waals surface area contributed by atoms with E-state index in [0.29, 0.717) is 22.7 Å². The number of nitrogens with one attached hydrogen (secondary N) is 1. The van der Waals surface area contributed by atoms with Crippen LogP contribution in [0.25, 0.3) is 11.1 Å². The second-order valence-electron chi connectivity index (χ2n) is 8.14. The standard InChI is InChI=1S/C22H26FN3O4S/c1-6-26(7-2)31(28,29)15-9-10-17(23)16(13-15)20(27)24-14-8-11-19-18(12-14)25-21(30-19)22(3,4)5/h8-13H,6-7H2,1-5H3,(H,24,27). The van der Waals surface area contributed by atoms with Crippen molar-refractivity contribution < 1.29 is 22.0 Å². The Labute approximate surface area is 181 Å². The number of carbonyl (C=O) groups is 1. The Hall–Kier alpha value is -2.78. The van der Waals surface area contributed by atoms with Crippen molar-refractivity contribution in [1.29, 1.82) is 0 Å². The highest BCUT2D eigenvalue weighted by atomic mass is 32.2. The van der Waals surface area contributed by atoms with Gasteiger partial charge < -0.3 is 9.73 Å². The third kappa shape index (κ3) is 4.62. The van der Waals surface area contributed by atoms with E-state index < -0.39 is 21.7 Å². The molecule has 1 N–H and O–H groups in total. The number of anilines is 1. The molecule has 7 nitrogen and oxygen atoms in total. The monoisotopic (exact) mass is 447 g/mol. The van der Waals surface area contributed by atoms with E-state index in [9.17, 15) is 17.6 Å². The number of hydrogen-bond donors (Lipinski definition) is 1. The molecule has 31 heavy (non-hydrogen) atoms. The van der Waals surface area contributed by atoms with Gasteiger partial charge in [-0.2, -0.15) is 4.31 Å². The fraction of sp³-hybridized carbons (Fsp3) is 0.364. The third-order valence-electron chi connectivity index (χ3n) is 4.81. The van der Waals surface area contributed by atoms with Gasteiger partial charge in [0.2, 0.25) is 15.9 Å². The lowest BCUT2D eigenvalue weighted by Gasteiger charge is -2.19. The number of sulfonamides is 1. The summed E-state index contributed by atoms with van der Waals surface area (Å²) in [5.74, 6) is -1.01. The average Bonchev–Trinajstić information content (AvgIpc) is 3.12. The molecule has 1 heterocycles. The van der Waals surface area contributed by atoms with Gasteiger partial charge in [-0.1, -0.05) is 34.6 Å². The van der Waals surface area contributed by atoms with Crippen LogP contribution in [-0.2, 0) is 15.4 Å². The molecule has 9 heteroatoms. The molecule has 0 saturated carbocycles. The topological polar surface area (TPSA) is 92.5 Å². The van der Waals surface area contributed by atoms with E-state index in [2.05, 4.69) is 10.3 Å². The fourth-order valence-corrected chi connectivity index (χ4v) is 4.56. The van der Waals surface area contributed by atoms with E-state index in [-0.39, 0.29) is 29.0 Å². The maximum atomic E-state index is 14.4. The molecule has 0 unspecified atom stereocenters. The lowest BCUT2D eigenvalue weighted by Crippen LogP contribution is -2.31. The van der Waals surface area contributed by atoms with Crippen LogP contribution in [0, 0.1) is 5.82 Å². The zero-order valence-electron chi connectivity index (χ0n) is 18.2. The number of amides is 1. The lowest BCUT2D eigenvalue weighted by atomic mass is 9.97. The number of nitrogens with zero attached hydrogens (tertiary/aromatic N) is 2. The second-order valence-corrected chi connectivity index (χ2v) is 10.1. The minimum absolute atomic E-state index is 0.135. The number of halogens is 1. The summed E-state index contributed by atoms with van der Waals surface area (Å²) in [6.45, 7) is 9.89. The number of fused-ring (bicyclic) bond motifs is 1. The van der Waals surface area contributed by atoms with Crippen LogP contribution in [0.4, 0.5) is 10.1 Å². The summed E-state index contributed by atoms with van der Waals surface area (Å²) >= 11 is 0. The summed E-state index contributed by atoms with van der Waals surface area (Å²) in [5, 5.41) is 2.61. The van der Waals surface area contributed by atoms with Crippen LogP contribution >= 0.6 is 0 Å². The molecule has 166 valence electrons. The van der Waals surface area contributed by atoms with Gasteiger partial charge in [-0.25, -0.2) is 17.8 Å². The van der Waals surface area contributed by atoms with E-state index in [1.165, 1.54) is 4.31 Å². The highest BCUT2D eigenvalue weighted by Gasteiger charge is 2.25. The van der Waals surface area contributed by atoms with Crippen molar-refractivity contribution in [3.8, 4) is 0 Å². The summed E-state index contributed by atoms with van der Waals surface area (Å²) in [6, 6.07) is 8.12. The van der Waals surface area contributed by atoms with Crippen molar-refractivity contribution in [3.05, 3.63) is 53.7 Å². The molecular weight excluding hydrogens is 421 g/mol. The summed E-state index contributed by atoms with van der Waals surface area (Å²) in [6.07, 6.45) is 0. The molecule has 2 aromatic carbocycles. The van der Waals surface area contributed by atoms with Gasteiger partial charge in [-0.15, -0.1) is 0 Å². The van der Waals surface area contributed by atoms with Crippen molar-refractivity contribution in [3.63, 3.8) is 0 Å². The van der Waals surface area contributed by atoms with Gasteiger partial charge in [-0.05, 0) is 36.4 Å². The van der Waals surface area contributed by atoms with E-state index >= 15 is 0 Å². The highest BCUT2D eigenvalue weighted by molar-refractivity contribution is 7.89. The van der Waals surface area contributed by atoms with Gasteiger partial charge in [0.15, 0.2) is 5.58 Å². The molecule has 3 aromatic rings. The van der Waals surface area contributed by atoms with Gasteiger partial charge in [0.1, 0.15) is 11.3 Å². The van der Waals surface area contributed by atoms with Gasteiger partial charge in [0.05, 0.1) is 10.5 Å². The number of hydrogen-bond acceptors (Lipinski definition) is 5. The first kappa shape index (κ1) is 22.9. The van der Waals surface area contributed by atoms with E-state index in [1.54, 1.807) is 32.0 Å². The largest absolute Gasteiger partial charge is 0.440 e. The first-order chi connectivity index (χ1) is 14.5. The smallest absolute Gasteiger partial charge is 0.258 e. The predicted molar refractivity (Wildman–Crippen MR) is 117 cm³/mol. The number of carbonyl (C=O) groups excluding carboxylic acids is 1. The Morgan fingerprint density at radius 1 is 1.13 bits per heavy atom. The van der Waals surface area contributed by atoms with Crippen LogP contribution < -0.4 is 5.32 Å². The van der Waals surface area contributed by atoms with Crippen LogP contribution in [-0.4, -0.2) is 36.7 Å². The zero-order chi connectivity index (χ0) is 23.0. The van der Waals surface area contributed by atoms with Crippen LogP contribution in [0.5, 0.6) is 0 Å². The average molecular weight is 448 g/mol. The maximum Gasteiger partial charge on any atom is 0.258 e. The summed E-state index contributed by atoms with van der Waals surface area (Å²) in [7, 11) is -3.82. The molecule has 0 aliphatic heterocycles. The lowest BCUT2D eigenvalue weighted by molar-refractivity contribution is 0.102. The zero-order valence-corrected chi connectivity index (χ0v) is 19.0. The van der Waals surface area contributed by atoms with E-state index in [1.807, 2.05) is 20.8 Å². The van der Waals surface area contributed by atoms with E-state index in [0.717, 1.165) is 18.2 Å². The molecule has 0 spiro atoms. The summed E-state index contributed by atoms with van der Waals surface area (Å²) in [4.78, 5) is 17.0. The molecular formula is C22H26FN3O4S. The predicted octanol–water partition coefficient (Wildman–Crippen LogP) is 4.55. The minimum atomic E-state index is -3.82. The quantitative estimate of drug-likeness (QED) is 0.599. The van der Waals surface area contributed by atoms with Crippen molar-refractivity contribution in [1.82, 2.24) is 9.29 Å². The Bertz CT molecular complexity index is 1230. The van der Waals surface area contributed by atoms with Crippen LogP contribution in [0.3, 0.4) is 0 Å². The molecule has 0 radical (unpaired) electrons. The molecule has 0 aliphatic rings. The Morgan fingerprint density at radius 2 is 1.81 bits per heavy atom. The van der Waals surface area contributed by atoms with E-state index in [4.69, 9.17) is 4.42 Å². The Kier molecular flexibility index (Phi) is 6.20. The molecule has 0 bridgehead atoms.